The minimum atomic E-state index is -0.922. The predicted molar refractivity (Wildman–Crippen MR) is 110 cm³/mol. The summed E-state index contributed by atoms with van der Waals surface area (Å²) in [5.41, 5.74) is -0.197. The minimum absolute atomic E-state index is 0.272. The van der Waals surface area contributed by atoms with Crippen molar-refractivity contribution in [3.8, 4) is 17.4 Å². The molecule has 0 aromatic carbocycles. The number of aliphatic hydroxyl groups is 1. The lowest BCUT2D eigenvalue weighted by molar-refractivity contribution is 0.0934. The van der Waals surface area contributed by atoms with E-state index >= 15 is 0 Å². The maximum absolute atomic E-state index is 13.2. The van der Waals surface area contributed by atoms with Gasteiger partial charge in [-0.25, -0.2) is 15.0 Å². The Labute approximate surface area is 174 Å². The molecule has 0 aliphatic carbocycles. The average Bonchev–Trinajstić information content (AvgIpc) is 2.76. The Hall–Kier alpha value is -3.59. The van der Waals surface area contributed by atoms with Gasteiger partial charge in [0.2, 0.25) is 0 Å². The molecule has 3 heterocycles. The van der Waals surface area contributed by atoms with Crippen LogP contribution in [0.1, 0.15) is 31.1 Å². The zero-order chi connectivity index (χ0) is 21.6. The Morgan fingerprint density at radius 1 is 1.17 bits per heavy atom. The number of carbonyl (C=O) groups excluding carboxylic acids is 1. The molecule has 3 aromatic heterocycles. The third kappa shape index (κ3) is 4.69. The van der Waals surface area contributed by atoms with Crippen LogP contribution in [0.5, 0.6) is 17.4 Å². The lowest BCUT2D eigenvalue weighted by atomic mass is 10.0. The van der Waals surface area contributed by atoms with Crippen LogP contribution in [0, 0.1) is 0 Å². The van der Waals surface area contributed by atoms with Gasteiger partial charge in [0.15, 0.2) is 5.75 Å². The van der Waals surface area contributed by atoms with E-state index in [0.29, 0.717) is 23.8 Å². The van der Waals surface area contributed by atoms with E-state index in [9.17, 15) is 9.90 Å². The molecule has 1 N–H and O–H groups in total. The Morgan fingerprint density at radius 2 is 1.93 bits per heavy atom. The summed E-state index contributed by atoms with van der Waals surface area (Å²) in [4.78, 5) is 30.8. The molecule has 0 atom stereocenters. The fourth-order valence-electron chi connectivity index (χ4n) is 2.77. The zero-order valence-corrected chi connectivity index (χ0v) is 17.0. The molecule has 1 amide bonds. The van der Waals surface area contributed by atoms with Crippen molar-refractivity contribution in [2.45, 2.75) is 26.3 Å². The standard InChI is InChI=1S/C21H23N5O4/c1-4-29-18-6-5-7-25-19(18)30-17-8-16(11-22-12-17)26(21(2,3)13-27)20(28)15-9-23-14-24-10-15/h5-12,14,27H,4,13H2,1-3H3. The second kappa shape index (κ2) is 9.27. The number of amides is 1. The summed E-state index contributed by atoms with van der Waals surface area (Å²) in [5.74, 6) is 0.772. The second-order valence-electron chi connectivity index (χ2n) is 6.96. The van der Waals surface area contributed by atoms with E-state index in [4.69, 9.17) is 9.47 Å². The van der Waals surface area contributed by atoms with Gasteiger partial charge >= 0.3 is 0 Å². The van der Waals surface area contributed by atoms with Crippen molar-refractivity contribution in [2.75, 3.05) is 18.1 Å². The summed E-state index contributed by atoms with van der Waals surface area (Å²) in [5, 5.41) is 9.92. The topological polar surface area (TPSA) is 111 Å². The minimum Gasteiger partial charge on any atom is -0.488 e. The van der Waals surface area contributed by atoms with Gasteiger partial charge in [-0.1, -0.05) is 0 Å². The van der Waals surface area contributed by atoms with Gasteiger partial charge in [-0.3, -0.25) is 14.7 Å². The molecule has 3 rings (SSSR count). The van der Waals surface area contributed by atoms with Crippen molar-refractivity contribution >= 4 is 11.6 Å². The largest absolute Gasteiger partial charge is 0.488 e. The average molecular weight is 409 g/mol. The summed E-state index contributed by atoms with van der Waals surface area (Å²) in [7, 11) is 0. The Bertz CT molecular complexity index is 997. The molecule has 3 aromatic rings. The first-order chi connectivity index (χ1) is 14.5. The van der Waals surface area contributed by atoms with E-state index in [1.54, 1.807) is 38.2 Å². The summed E-state index contributed by atoms with van der Waals surface area (Å²) < 4.78 is 11.4. The van der Waals surface area contributed by atoms with Crippen molar-refractivity contribution in [1.82, 2.24) is 19.9 Å². The molecule has 0 bridgehead atoms. The number of aromatic nitrogens is 4. The van der Waals surface area contributed by atoms with E-state index < -0.39 is 5.54 Å². The van der Waals surface area contributed by atoms with Gasteiger partial charge in [0.25, 0.3) is 11.8 Å². The Morgan fingerprint density at radius 3 is 2.63 bits per heavy atom. The highest BCUT2D eigenvalue weighted by molar-refractivity contribution is 6.06. The predicted octanol–water partition coefficient (Wildman–Crippen LogP) is 2.88. The SMILES string of the molecule is CCOc1cccnc1Oc1cncc(N(C(=O)c2cncnc2)C(C)(C)CO)c1. The summed E-state index contributed by atoms with van der Waals surface area (Å²) >= 11 is 0. The highest BCUT2D eigenvalue weighted by Gasteiger charge is 2.33. The van der Waals surface area contributed by atoms with Crippen molar-refractivity contribution in [3.05, 3.63) is 61.1 Å². The molecule has 156 valence electrons. The van der Waals surface area contributed by atoms with Crippen molar-refractivity contribution in [3.63, 3.8) is 0 Å². The van der Waals surface area contributed by atoms with E-state index in [1.807, 2.05) is 6.92 Å². The fourth-order valence-corrected chi connectivity index (χ4v) is 2.77. The van der Waals surface area contributed by atoms with Crippen molar-refractivity contribution in [1.29, 1.82) is 0 Å². The highest BCUT2D eigenvalue weighted by Crippen LogP contribution is 2.32. The van der Waals surface area contributed by atoms with Gasteiger partial charge in [-0.2, -0.15) is 0 Å². The van der Waals surface area contributed by atoms with Crippen LogP contribution in [0.15, 0.2) is 55.5 Å². The molecule has 0 saturated carbocycles. The van der Waals surface area contributed by atoms with Gasteiger partial charge in [0, 0.05) is 24.7 Å². The Kier molecular flexibility index (Phi) is 6.53. The van der Waals surface area contributed by atoms with Crippen LogP contribution in [0.4, 0.5) is 5.69 Å². The van der Waals surface area contributed by atoms with Crippen molar-refractivity contribution in [2.24, 2.45) is 0 Å². The van der Waals surface area contributed by atoms with E-state index in [-0.39, 0.29) is 24.0 Å². The number of ether oxygens (including phenoxy) is 2. The molecule has 0 unspecified atom stereocenters. The maximum atomic E-state index is 13.2. The first-order valence-corrected chi connectivity index (χ1v) is 9.37. The van der Waals surface area contributed by atoms with Crippen LogP contribution >= 0.6 is 0 Å². The van der Waals surface area contributed by atoms with Gasteiger partial charge in [-0.05, 0) is 32.9 Å². The smallest absolute Gasteiger partial charge is 0.262 e. The first-order valence-electron chi connectivity index (χ1n) is 9.37. The summed E-state index contributed by atoms with van der Waals surface area (Å²) in [6, 6.07) is 5.15. The van der Waals surface area contributed by atoms with Crippen LogP contribution in [0.3, 0.4) is 0 Å². The zero-order valence-electron chi connectivity index (χ0n) is 17.0. The monoisotopic (exact) mass is 409 g/mol. The molecule has 0 spiro atoms. The second-order valence-corrected chi connectivity index (χ2v) is 6.96. The number of pyridine rings is 2. The number of rotatable bonds is 8. The molecular formula is C21H23N5O4. The lowest BCUT2D eigenvalue weighted by Gasteiger charge is -2.37. The molecule has 9 heteroatoms. The van der Waals surface area contributed by atoms with Crippen LogP contribution in [0.2, 0.25) is 0 Å². The maximum Gasteiger partial charge on any atom is 0.262 e. The van der Waals surface area contributed by atoms with Crippen LogP contribution in [-0.2, 0) is 0 Å². The lowest BCUT2D eigenvalue weighted by Crippen LogP contribution is -2.50. The molecule has 9 nitrogen and oxygen atoms in total. The Balaban J connectivity index is 1.97. The molecule has 0 aliphatic heterocycles. The van der Waals surface area contributed by atoms with E-state index in [0.717, 1.165) is 0 Å². The quantitative estimate of drug-likeness (QED) is 0.605. The number of hydrogen-bond acceptors (Lipinski definition) is 8. The normalized spacial score (nSPS) is 11.1. The summed E-state index contributed by atoms with van der Waals surface area (Å²) in [6.07, 6.45) is 8.81. The number of anilines is 1. The van der Waals surface area contributed by atoms with E-state index in [1.165, 1.54) is 36.0 Å². The van der Waals surface area contributed by atoms with Crippen LogP contribution < -0.4 is 14.4 Å². The molecule has 30 heavy (non-hydrogen) atoms. The summed E-state index contributed by atoms with van der Waals surface area (Å²) in [6.45, 7) is 5.55. The number of carbonyl (C=O) groups is 1. The van der Waals surface area contributed by atoms with Gasteiger partial charge in [0.1, 0.15) is 12.1 Å². The number of aliphatic hydroxyl groups excluding tert-OH is 1. The highest BCUT2D eigenvalue weighted by atomic mass is 16.5. The number of hydrogen-bond donors (Lipinski definition) is 1. The van der Waals surface area contributed by atoms with Crippen LogP contribution in [0.25, 0.3) is 0 Å². The fraction of sp³-hybridized carbons (Fsp3) is 0.286. The van der Waals surface area contributed by atoms with Crippen molar-refractivity contribution < 1.29 is 19.4 Å². The first kappa shape index (κ1) is 21.1. The molecule has 0 fully saturated rings. The van der Waals surface area contributed by atoms with Gasteiger partial charge < -0.3 is 14.6 Å². The molecule has 0 radical (unpaired) electrons. The van der Waals surface area contributed by atoms with Gasteiger partial charge in [-0.15, -0.1) is 0 Å². The van der Waals surface area contributed by atoms with E-state index in [2.05, 4.69) is 19.9 Å². The number of nitrogens with zero attached hydrogens (tertiary/aromatic N) is 5. The van der Waals surface area contributed by atoms with Gasteiger partial charge in [0.05, 0.1) is 42.4 Å². The third-order valence-corrected chi connectivity index (χ3v) is 4.21. The third-order valence-electron chi connectivity index (χ3n) is 4.21. The van der Waals surface area contributed by atoms with Crippen LogP contribution in [-0.4, -0.2) is 49.7 Å². The molecule has 0 aliphatic rings. The molecule has 0 saturated heterocycles. The molecular weight excluding hydrogens is 386 g/mol.